The van der Waals surface area contributed by atoms with Gasteiger partial charge in [-0.3, -0.25) is 4.90 Å². The number of nitrogens with zero attached hydrogens (tertiary/aromatic N) is 4. The molecule has 110 valence electrons. The Labute approximate surface area is 121 Å². The molecule has 5 heteroatoms. The SMILES string of the molecule is CCc1nc(NC)cc(N2CCN3CCCCC3C2)n1. The van der Waals surface area contributed by atoms with Crippen LogP contribution in [0.5, 0.6) is 0 Å². The summed E-state index contributed by atoms with van der Waals surface area (Å²) in [7, 11) is 1.92. The maximum absolute atomic E-state index is 4.72. The molecule has 1 aromatic heterocycles. The second-order valence-corrected chi connectivity index (χ2v) is 5.76. The zero-order chi connectivity index (χ0) is 13.9. The summed E-state index contributed by atoms with van der Waals surface area (Å²) in [5, 5.41) is 3.15. The van der Waals surface area contributed by atoms with Gasteiger partial charge in [0.15, 0.2) is 0 Å². The van der Waals surface area contributed by atoms with Crippen molar-refractivity contribution in [2.24, 2.45) is 0 Å². The molecule has 0 aliphatic carbocycles. The molecule has 1 atom stereocenters. The van der Waals surface area contributed by atoms with Gasteiger partial charge in [0.1, 0.15) is 17.5 Å². The standard InChI is InChI=1S/C15H25N5/c1-3-13-17-14(16-2)10-15(18-13)20-9-8-19-7-5-4-6-12(19)11-20/h10,12H,3-9,11H2,1-2H3,(H,16,17,18). The van der Waals surface area contributed by atoms with Gasteiger partial charge in [-0.15, -0.1) is 0 Å². The van der Waals surface area contributed by atoms with Crippen molar-refractivity contribution < 1.29 is 0 Å². The molecule has 2 fully saturated rings. The highest BCUT2D eigenvalue weighted by atomic mass is 15.3. The maximum Gasteiger partial charge on any atom is 0.134 e. The highest BCUT2D eigenvalue weighted by molar-refractivity contribution is 5.49. The van der Waals surface area contributed by atoms with E-state index < -0.39 is 0 Å². The molecule has 3 heterocycles. The summed E-state index contributed by atoms with van der Waals surface area (Å²) in [6.07, 6.45) is 4.96. The van der Waals surface area contributed by atoms with Gasteiger partial charge in [-0.1, -0.05) is 13.3 Å². The number of aryl methyl sites for hydroxylation is 1. The van der Waals surface area contributed by atoms with E-state index in [1.165, 1.54) is 32.4 Å². The van der Waals surface area contributed by atoms with Crippen LogP contribution in [0.3, 0.4) is 0 Å². The smallest absolute Gasteiger partial charge is 0.134 e. The summed E-state index contributed by atoms with van der Waals surface area (Å²) >= 11 is 0. The molecule has 1 unspecified atom stereocenters. The van der Waals surface area contributed by atoms with Gasteiger partial charge in [0, 0.05) is 45.2 Å². The molecule has 2 aliphatic rings. The summed E-state index contributed by atoms with van der Waals surface area (Å²) in [5.41, 5.74) is 0. The monoisotopic (exact) mass is 275 g/mol. The van der Waals surface area contributed by atoms with Crippen molar-refractivity contribution in [3.8, 4) is 0 Å². The first kappa shape index (κ1) is 13.6. The Kier molecular flexibility index (Phi) is 4.05. The predicted molar refractivity (Wildman–Crippen MR) is 82.4 cm³/mol. The fraction of sp³-hybridized carbons (Fsp3) is 0.733. The van der Waals surface area contributed by atoms with Crippen LogP contribution in [0.2, 0.25) is 0 Å². The van der Waals surface area contributed by atoms with E-state index in [-0.39, 0.29) is 0 Å². The Hall–Kier alpha value is -1.36. The fourth-order valence-electron chi connectivity index (χ4n) is 3.30. The van der Waals surface area contributed by atoms with Crippen molar-refractivity contribution in [3.05, 3.63) is 11.9 Å². The third-order valence-electron chi connectivity index (χ3n) is 4.49. The minimum absolute atomic E-state index is 0.718. The molecule has 0 radical (unpaired) electrons. The quantitative estimate of drug-likeness (QED) is 0.910. The molecule has 3 rings (SSSR count). The first-order valence-corrected chi connectivity index (χ1v) is 7.85. The van der Waals surface area contributed by atoms with Crippen molar-refractivity contribution in [2.45, 2.75) is 38.6 Å². The van der Waals surface area contributed by atoms with Crippen LogP contribution in [0, 0.1) is 0 Å². The van der Waals surface area contributed by atoms with E-state index in [0.29, 0.717) is 0 Å². The number of piperidine rings is 1. The van der Waals surface area contributed by atoms with Crippen LogP contribution < -0.4 is 10.2 Å². The highest BCUT2D eigenvalue weighted by Gasteiger charge is 2.29. The Morgan fingerprint density at radius 3 is 2.95 bits per heavy atom. The Balaban J connectivity index is 1.78. The molecule has 0 amide bonds. The molecule has 2 aliphatic heterocycles. The van der Waals surface area contributed by atoms with Gasteiger partial charge < -0.3 is 10.2 Å². The first-order valence-electron chi connectivity index (χ1n) is 7.85. The molecule has 0 bridgehead atoms. The van der Waals surface area contributed by atoms with Gasteiger partial charge in [-0.25, -0.2) is 9.97 Å². The highest BCUT2D eigenvalue weighted by Crippen LogP contribution is 2.25. The van der Waals surface area contributed by atoms with E-state index >= 15 is 0 Å². The summed E-state index contributed by atoms with van der Waals surface area (Å²) in [5.74, 6) is 2.95. The number of nitrogens with one attached hydrogen (secondary N) is 1. The van der Waals surface area contributed by atoms with Crippen molar-refractivity contribution in [1.29, 1.82) is 0 Å². The van der Waals surface area contributed by atoms with Crippen molar-refractivity contribution in [1.82, 2.24) is 14.9 Å². The summed E-state index contributed by atoms with van der Waals surface area (Å²) < 4.78 is 0. The number of rotatable bonds is 3. The molecular formula is C15H25N5. The average molecular weight is 275 g/mol. The van der Waals surface area contributed by atoms with E-state index in [4.69, 9.17) is 4.98 Å². The minimum Gasteiger partial charge on any atom is -0.373 e. The Morgan fingerprint density at radius 1 is 1.25 bits per heavy atom. The molecule has 1 aromatic rings. The second-order valence-electron chi connectivity index (χ2n) is 5.76. The van der Waals surface area contributed by atoms with Crippen LogP contribution in [0.15, 0.2) is 6.07 Å². The summed E-state index contributed by atoms with van der Waals surface area (Å²) in [6.45, 7) is 6.76. The third-order valence-corrected chi connectivity index (χ3v) is 4.49. The molecule has 1 N–H and O–H groups in total. The summed E-state index contributed by atoms with van der Waals surface area (Å²) in [4.78, 5) is 14.3. The number of hydrogen-bond acceptors (Lipinski definition) is 5. The average Bonchev–Trinajstić information content (AvgIpc) is 2.53. The predicted octanol–water partition coefficient (Wildman–Crippen LogP) is 1.76. The van der Waals surface area contributed by atoms with Crippen LogP contribution >= 0.6 is 0 Å². The number of aromatic nitrogens is 2. The van der Waals surface area contributed by atoms with Crippen molar-refractivity contribution in [2.75, 3.05) is 43.4 Å². The van der Waals surface area contributed by atoms with Gasteiger partial charge in [-0.05, 0) is 19.4 Å². The zero-order valence-electron chi connectivity index (χ0n) is 12.6. The summed E-state index contributed by atoms with van der Waals surface area (Å²) in [6, 6.07) is 2.80. The van der Waals surface area contributed by atoms with Crippen LogP contribution in [0.1, 0.15) is 32.0 Å². The first-order chi connectivity index (χ1) is 9.80. The van der Waals surface area contributed by atoms with Crippen LogP contribution in [-0.4, -0.2) is 54.1 Å². The van der Waals surface area contributed by atoms with Gasteiger partial charge in [0.05, 0.1) is 0 Å². The molecule has 0 spiro atoms. The van der Waals surface area contributed by atoms with Gasteiger partial charge >= 0.3 is 0 Å². The van der Waals surface area contributed by atoms with Crippen LogP contribution in [0.25, 0.3) is 0 Å². The van der Waals surface area contributed by atoms with E-state index in [1.54, 1.807) is 0 Å². The lowest BCUT2D eigenvalue weighted by Gasteiger charge is -2.44. The topological polar surface area (TPSA) is 44.3 Å². The Bertz CT molecular complexity index is 439. The van der Waals surface area contributed by atoms with E-state index in [9.17, 15) is 0 Å². The zero-order valence-corrected chi connectivity index (χ0v) is 12.6. The molecule has 0 aromatic carbocycles. The van der Waals surface area contributed by atoms with E-state index in [0.717, 1.165) is 43.0 Å². The number of hydrogen-bond donors (Lipinski definition) is 1. The number of piperazine rings is 1. The molecule has 20 heavy (non-hydrogen) atoms. The second kappa shape index (κ2) is 5.95. The fourth-order valence-corrected chi connectivity index (χ4v) is 3.30. The molecule has 0 saturated carbocycles. The normalized spacial score (nSPS) is 23.5. The number of anilines is 2. The largest absolute Gasteiger partial charge is 0.373 e. The lowest BCUT2D eigenvalue weighted by Crippen LogP contribution is -2.55. The van der Waals surface area contributed by atoms with Crippen LogP contribution in [0.4, 0.5) is 11.6 Å². The van der Waals surface area contributed by atoms with E-state index in [1.807, 2.05) is 7.05 Å². The maximum atomic E-state index is 4.72. The van der Waals surface area contributed by atoms with Crippen molar-refractivity contribution in [3.63, 3.8) is 0 Å². The minimum atomic E-state index is 0.718. The van der Waals surface area contributed by atoms with Gasteiger partial charge in [0.2, 0.25) is 0 Å². The lowest BCUT2D eigenvalue weighted by atomic mass is 9.99. The molecular weight excluding hydrogens is 250 g/mol. The number of fused-ring (bicyclic) bond motifs is 1. The van der Waals surface area contributed by atoms with Gasteiger partial charge in [0.25, 0.3) is 0 Å². The molecule has 5 nitrogen and oxygen atoms in total. The van der Waals surface area contributed by atoms with Gasteiger partial charge in [-0.2, -0.15) is 0 Å². The van der Waals surface area contributed by atoms with Crippen molar-refractivity contribution >= 4 is 11.6 Å². The third kappa shape index (κ3) is 2.73. The Morgan fingerprint density at radius 2 is 2.15 bits per heavy atom. The molecule has 2 saturated heterocycles. The van der Waals surface area contributed by atoms with E-state index in [2.05, 4.69) is 33.1 Å². The van der Waals surface area contributed by atoms with Crippen LogP contribution in [-0.2, 0) is 6.42 Å². The lowest BCUT2D eigenvalue weighted by molar-refractivity contribution is 0.133.